The van der Waals surface area contributed by atoms with Crippen LogP contribution >= 0.6 is 0 Å². The topological polar surface area (TPSA) is 99.8 Å². The molecule has 32 heavy (non-hydrogen) atoms. The first-order chi connectivity index (χ1) is 15.5. The van der Waals surface area contributed by atoms with Gasteiger partial charge in [-0.25, -0.2) is 4.98 Å². The van der Waals surface area contributed by atoms with Crippen LogP contribution in [0.25, 0.3) is 10.9 Å². The summed E-state index contributed by atoms with van der Waals surface area (Å²) in [7, 11) is 0. The normalized spacial score (nSPS) is 16.3. The fraction of sp³-hybridized carbons (Fsp3) is 0.360. The number of piperazine rings is 1. The summed E-state index contributed by atoms with van der Waals surface area (Å²) in [5, 5.41) is 20.0. The second-order valence-electron chi connectivity index (χ2n) is 8.50. The van der Waals surface area contributed by atoms with Crippen molar-refractivity contribution in [2.24, 2.45) is 0 Å². The van der Waals surface area contributed by atoms with Crippen molar-refractivity contribution in [2.75, 3.05) is 37.6 Å². The summed E-state index contributed by atoms with van der Waals surface area (Å²) >= 11 is 0. The molecule has 0 bridgehead atoms. The van der Waals surface area contributed by atoms with Gasteiger partial charge in [0, 0.05) is 43.8 Å². The summed E-state index contributed by atoms with van der Waals surface area (Å²) in [4.78, 5) is 23.9. The van der Waals surface area contributed by atoms with E-state index in [1.54, 1.807) is 12.3 Å². The molecule has 3 heterocycles. The van der Waals surface area contributed by atoms with E-state index in [9.17, 15) is 10.1 Å². The Morgan fingerprint density at radius 3 is 2.53 bits per heavy atom. The Morgan fingerprint density at radius 2 is 1.91 bits per heavy atom. The molecule has 162 valence electrons. The predicted octanol–water partition coefficient (Wildman–Crippen LogP) is 2.96. The molecule has 1 saturated heterocycles. The van der Waals surface area contributed by atoms with E-state index in [1.165, 1.54) is 0 Å². The second-order valence-corrected chi connectivity index (χ2v) is 8.50. The van der Waals surface area contributed by atoms with Crippen LogP contribution in [0.1, 0.15) is 30.7 Å². The number of nitrogens with one attached hydrogen (secondary N) is 1. The van der Waals surface area contributed by atoms with Gasteiger partial charge in [-0.2, -0.15) is 10.5 Å². The van der Waals surface area contributed by atoms with Crippen LogP contribution in [-0.2, 0) is 11.8 Å². The van der Waals surface area contributed by atoms with E-state index in [2.05, 4.69) is 25.8 Å². The quantitative estimate of drug-likeness (QED) is 0.673. The van der Waals surface area contributed by atoms with Crippen molar-refractivity contribution in [2.45, 2.75) is 25.7 Å². The maximum Gasteiger partial charge on any atom is 0.251 e. The van der Waals surface area contributed by atoms with Crippen LogP contribution in [0, 0.1) is 22.7 Å². The van der Waals surface area contributed by atoms with Gasteiger partial charge in [0.15, 0.2) is 0 Å². The highest BCUT2D eigenvalue weighted by atomic mass is 16.1. The zero-order chi connectivity index (χ0) is 22.7. The molecule has 2 aromatic heterocycles. The fourth-order valence-electron chi connectivity index (χ4n) is 4.29. The Balaban J connectivity index is 1.48. The van der Waals surface area contributed by atoms with Crippen molar-refractivity contribution in [3.05, 3.63) is 69.8 Å². The molecule has 1 aromatic carbocycles. The van der Waals surface area contributed by atoms with Gasteiger partial charge in [0.2, 0.25) is 0 Å². The third-order valence-electron chi connectivity index (χ3n) is 6.33. The van der Waals surface area contributed by atoms with Crippen molar-refractivity contribution in [1.82, 2.24) is 14.9 Å². The predicted molar refractivity (Wildman–Crippen MR) is 125 cm³/mol. The van der Waals surface area contributed by atoms with E-state index in [1.807, 2.05) is 50.2 Å². The highest BCUT2D eigenvalue weighted by Gasteiger charge is 2.31. The minimum Gasteiger partial charge on any atom is -0.368 e. The average molecular weight is 427 g/mol. The summed E-state index contributed by atoms with van der Waals surface area (Å²) < 4.78 is 0. The molecular weight excluding hydrogens is 400 g/mol. The van der Waals surface area contributed by atoms with Crippen LogP contribution in [0.15, 0.2) is 47.4 Å². The van der Waals surface area contributed by atoms with Crippen LogP contribution in [0.4, 0.5) is 5.69 Å². The lowest BCUT2D eigenvalue weighted by Gasteiger charge is -2.39. The molecule has 7 nitrogen and oxygen atoms in total. The number of hydrogen-bond donors (Lipinski definition) is 1. The summed E-state index contributed by atoms with van der Waals surface area (Å²) in [5.41, 5.74) is 3.12. The Labute approximate surface area is 187 Å². The number of rotatable bonds is 5. The largest absolute Gasteiger partial charge is 0.368 e. The van der Waals surface area contributed by atoms with Crippen LogP contribution in [0.2, 0.25) is 0 Å². The number of aryl methyl sites for hydroxylation is 1. The number of nitriles is 2. The average Bonchev–Trinajstić information content (AvgIpc) is 2.83. The Bertz CT molecular complexity index is 1260. The van der Waals surface area contributed by atoms with Gasteiger partial charge in [-0.05, 0) is 48.6 Å². The molecule has 1 atom stereocenters. The molecule has 3 aromatic rings. The van der Waals surface area contributed by atoms with Crippen LogP contribution < -0.4 is 10.5 Å². The van der Waals surface area contributed by atoms with Gasteiger partial charge in [-0.1, -0.05) is 19.1 Å². The Hall–Kier alpha value is -3.68. The molecule has 0 saturated carbocycles. The zero-order valence-electron chi connectivity index (χ0n) is 18.4. The van der Waals surface area contributed by atoms with Crippen LogP contribution in [-0.4, -0.2) is 47.6 Å². The molecule has 0 spiro atoms. The molecule has 4 rings (SSSR count). The third kappa shape index (κ3) is 4.21. The van der Waals surface area contributed by atoms with Gasteiger partial charge in [-0.15, -0.1) is 0 Å². The number of aromatic nitrogens is 2. The van der Waals surface area contributed by atoms with Crippen molar-refractivity contribution in [3.8, 4) is 12.1 Å². The minimum atomic E-state index is -0.688. The first-order valence-corrected chi connectivity index (χ1v) is 10.9. The maximum atomic E-state index is 12.2. The van der Waals surface area contributed by atoms with E-state index >= 15 is 0 Å². The summed E-state index contributed by atoms with van der Waals surface area (Å²) in [6, 6.07) is 16.1. The fourth-order valence-corrected chi connectivity index (χ4v) is 4.29. The van der Waals surface area contributed by atoms with Gasteiger partial charge in [-0.3, -0.25) is 9.69 Å². The van der Waals surface area contributed by atoms with Gasteiger partial charge in [0.05, 0.1) is 23.4 Å². The highest BCUT2D eigenvalue weighted by Crippen LogP contribution is 2.28. The number of fused-ring (bicyclic) bond motifs is 1. The van der Waals surface area contributed by atoms with Crippen molar-refractivity contribution < 1.29 is 0 Å². The van der Waals surface area contributed by atoms with E-state index < -0.39 is 5.41 Å². The van der Waals surface area contributed by atoms with E-state index in [0.29, 0.717) is 18.7 Å². The number of aromatic amines is 1. The summed E-state index contributed by atoms with van der Waals surface area (Å²) in [6.07, 6.45) is 2.43. The van der Waals surface area contributed by atoms with E-state index in [-0.39, 0.29) is 5.56 Å². The Kier molecular flexibility index (Phi) is 5.94. The SMILES string of the molecule is CCc1cc2ccc(C(C)(C#N)CN3CCN(c4ccc(C#N)nc4)CC3)cc2[nH]c1=O. The second kappa shape index (κ2) is 8.82. The minimum absolute atomic E-state index is 0.0655. The highest BCUT2D eigenvalue weighted by molar-refractivity contribution is 5.80. The molecule has 1 aliphatic rings. The molecule has 1 unspecified atom stereocenters. The summed E-state index contributed by atoms with van der Waals surface area (Å²) in [6.45, 7) is 7.88. The number of hydrogen-bond acceptors (Lipinski definition) is 6. The number of benzene rings is 1. The van der Waals surface area contributed by atoms with Crippen LogP contribution in [0.5, 0.6) is 0 Å². The maximum absolute atomic E-state index is 12.2. The molecule has 0 radical (unpaired) electrons. The summed E-state index contributed by atoms with van der Waals surface area (Å²) in [5.74, 6) is 0. The first-order valence-electron chi connectivity index (χ1n) is 10.9. The van der Waals surface area contributed by atoms with E-state index in [0.717, 1.165) is 53.9 Å². The monoisotopic (exact) mass is 426 g/mol. The standard InChI is InChI=1S/C25H26N6O/c1-3-18-12-19-4-5-20(13-23(19)29-24(18)32)25(2,16-27)17-30-8-10-31(11-9-30)22-7-6-21(14-26)28-15-22/h4-7,12-13,15H,3,8-11,17H2,1-2H3,(H,29,32). The third-order valence-corrected chi connectivity index (χ3v) is 6.33. The van der Waals surface area contributed by atoms with Gasteiger partial charge < -0.3 is 9.88 Å². The van der Waals surface area contributed by atoms with Gasteiger partial charge >= 0.3 is 0 Å². The lowest BCUT2D eigenvalue weighted by Crippen LogP contribution is -2.50. The molecule has 0 amide bonds. The number of H-pyrrole nitrogens is 1. The molecule has 1 N–H and O–H groups in total. The molecule has 1 aliphatic heterocycles. The molecule has 7 heteroatoms. The van der Waals surface area contributed by atoms with Gasteiger partial charge in [0.1, 0.15) is 11.8 Å². The van der Waals surface area contributed by atoms with Crippen molar-refractivity contribution >= 4 is 16.6 Å². The zero-order valence-corrected chi connectivity index (χ0v) is 18.4. The molecule has 1 fully saturated rings. The Morgan fingerprint density at radius 1 is 1.12 bits per heavy atom. The smallest absolute Gasteiger partial charge is 0.251 e. The number of pyridine rings is 2. The number of anilines is 1. The lowest BCUT2D eigenvalue weighted by molar-refractivity contribution is 0.226. The molecule has 0 aliphatic carbocycles. The van der Waals surface area contributed by atoms with E-state index in [4.69, 9.17) is 5.26 Å². The van der Waals surface area contributed by atoms with Crippen molar-refractivity contribution in [3.63, 3.8) is 0 Å². The first kappa shape index (κ1) is 21.5. The van der Waals surface area contributed by atoms with Crippen LogP contribution in [0.3, 0.4) is 0 Å². The van der Waals surface area contributed by atoms with Gasteiger partial charge in [0.25, 0.3) is 5.56 Å². The lowest BCUT2D eigenvalue weighted by atomic mass is 9.82. The number of nitrogens with zero attached hydrogens (tertiary/aromatic N) is 5. The molecular formula is C25H26N6O. The van der Waals surface area contributed by atoms with Crippen molar-refractivity contribution in [1.29, 1.82) is 10.5 Å².